The van der Waals surface area contributed by atoms with Gasteiger partial charge < -0.3 is 13.9 Å². The Balaban J connectivity index is 2.85. The maximum atomic E-state index is 11.8. The summed E-state index contributed by atoms with van der Waals surface area (Å²) < 4.78 is 10.8. The highest BCUT2D eigenvalue weighted by molar-refractivity contribution is 6.37. The lowest BCUT2D eigenvalue weighted by Crippen LogP contribution is -2.09. The summed E-state index contributed by atoms with van der Waals surface area (Å²) >= 11 is 11.9. The van der Waals surface area contributed by atoms with Crippen LogP contribution in [0.2, 0.25) is 10.0 Å². The van der Waals surface area contributed by atoms with E-state index in [2.05, 4.69) is 9.47 Å². The van der Waals surface area contributed by atoms with Crippen LogP contribution in [0.4, 0.5) is 0 Å². The molecule has 0 saturated heterocycles. The van der Waals surface area contributed by atoms with Crippen molar-refractivity contribution in [1.82, 2.24) is 4.40 Å². The molecule has 2 heterocycles. The van der Waals surface area contributed by atoms with Gasteiger partial charge in [-0.15, -0.1) is 0 Å². The molecule has 2 aromatic heterocycles. The highest BCUT2D eigenvalue weighted by Gasteiger charge is 2.25. The Morgan fingerprint density at radius 2 is 1.74 bits per heavy atom. The van der Waals surface area contributed by atoms with Crippen molar-refractivity contribution in [2.24, 2.45) is 0 Å². The minimum absolute atomic E-state index is 0.0519. The largest absolute Gasteiger partial charge is 0.465 e. The summed E-state index contributed by atoms with van der Waals surface area (Å²) in [5, 5.41) is 0.614. The first-order valence-electron chi connectivity index (χ1n) is 5.16. The van der Waals surface area contributed by atoms with Crippen molar-refractivity contribution in [3.63, 3.8) is 0 Å². The van der Waals surface area contributed by atoms with Gasteiger partial charge in [0.05, 0.1) is 35.3 Å². The molecule has 0 bridgehead atoms. The topological polar surface area (TPSA) is 57.0 Å². The summed E-state index contributed by atoms with van der Waals surface area (Å²) in [7, 11) is 2.44. The van der Waals surface area contributed by atoms with Crippen LogP contribution in [0.3, 0.4) is 0 Å². The van der Waals surface area contributed by atoms with E-state index in [-0.39, 0.29) is 16.1 Å². The average Bonchev–Trinajstić information content (AvgIpc) is 2.76. The zero-order valence-electron chi connectivity index (χ0n) is 10.1. The average molecular weight is 302 g/mol. The number of carbonyl (C=O) groups is 2. The monoisotopic (exact) mass is 301 g/mol. The smallest absolute Gasteiger partial charge is 0.341 e. The Bertz CT molecular complexity index is 678. The Morgan fingerprint density at radius 1 is 1.11 bits per heavy atom. The van der Waals surface area contributed by atoms with Crippen LogP contribution in [0.15, 0.2) is 18.5 Å². The molecule has 100 valence electrons. The van der Waals surface area contributed by atoms with Crippen LogP contribution < -0.4 is 0 Å². The van der Waals surface area contributed by atoms with E-state index in [1.165, 1.54) is 37.1 Å². The van der Waals surface area contributed by atoms with Gasteiger partial charge in [0.1, 0.15) is 5.56 Å². The molecule has 0 unspecified atom stereocenters. The van der Waals surface area contributed by atoms with E-state index < -0.39 is 11.9 Å². The van der Waals surface area contributed by atoms with Crippen LogP contribution >= 0.6 is 23.2 Å². The number of esters is 2. The zero-order chi connectivity index (χ0) is 14.2. The maximum absolute atomic E-state index is 11.8. The van der Waals surface area contributed by atoms with Gasteiger partial charge in [-0.25, -0.2) is 9.59 Å². The van der Waals surface area contributed by atoms with E-state index in [1.54, 1.807) is 0 Å². The third-order valence-corrected chi connectivity index (χ3v) is 3.08. The molecule has 0 N–H and O–H groups in total. The van der Waals surface area contributed by atoms with Crippen molar-refractivity contribution in [2.75, 3.05) is 14.2 Å². The van der Waals surface area contributed by atoms with Gasteiger partial charge in [0.2, 0.25) is 0 Å². The zero-order valence-corrected chi connectivity index (χ0v) is 11.6. The van der Waals surface area contributed by atoms with E-state index in [0.29, 0.717) is 10.5 Å². The normalized spacial score (nSPS) is 10.5. The number of hydrogen-bond acceptors (Lipinski definition) is 4. The predicted molar refractivity (Wildman–Crippen MR) is 70.1 cm³/mol. The number of aromatic nitrogens is 1. The van der Waals surface area contributed by atoms with Crippen LogP contribution in [0.25, 0.3) is 5.52 Å². The van der Waals surface area contributed by atoms with Gasteiger partial charge in [0.15, 0.2) is 0 Å². The van der Waals surface area contributed by atoms with Crippen molar-refractivity contribution in [1.29, 1.82) is 0 Å². The molecule has 0 atom stereocenters. The highest BCUT2D eigenvalue weighted by Crippen LogP contribution is 2.29. The fourth-order valence-corrected chi connectivity index (χ4v) is 2.38. The lowest BCUT2D eigenvalue weighted by molar-refractivity contribution is 0.0558. The first-order chi connectivity index (χ1) is 8.99. The lowest BCUT2D eigenvalue weighted by Gasteiger charge is -2.03. The number of hydrogen-bond donors (Lipinski definition) is 0. The minimum Gasteiger partial charge on any atom is -0.465 e. The van der Waals surface area contributed by atoms with Crippen LogP contribution in [-0.2, 0) is 9.47 Å². The van der Waals surface area contributed by atoms with Crippen LogP contribution in [0, 0.1) is 0 Å². The highest BCUT2D eigenvalue weighted by atomic mass is 35.5. The summed E-state index contributed by atoms with van der Waals surface area (Å²) in [5.41, 5.74) is 0.466. The molecule has 0 amide bonds. The van der Waals surface area contributed by atoms with E-state index in [1.807, 2.05) is 0 Å². The third-order valence-electron chi connectivity index (χ3n) is 2.58. The number of nitrogens with zero attached hydrogens (tertiary/aromatic N) is 1. The predicted octanol–water partition coefficient (Wildman–Crippen LogP) is 2.82. The summed E-state index contributed by atoms with van der Waals surface area (Å²) in [6, 6.07) is 1.48. The van der Waals surface area contributed by atoms with Gasteiger partial charge in [0.25, 0.3) is 0 Å². The maximum Gasteiger partial charge on any atom is 0.341 e. The molecule has 0 aliphatic carbocycles. The number of halogens is 2. The van der Waals surface area contributed by atoms with Crippen LogP contribution in [-0.4, -0.2) is 30.6 Å². The lowest BCUT2D eigenvalue weighted by atomic mass is 10.1. The molecule has 0 aliphatic rings. The van der Waals surface area contributed by atoms with Gasteiger partial charge in [-0.3, -0.25) is 0 Å². The van der Waals surface area contributed by atoms with E-state index >= 15 is 0 Å². The quantitative estimate of drug-likeness (QED) is 0.800. The summed E-state index contributed by atoms with van der Waals surface area (Å²) in [6.45, 7) is 0. The molecule has 7 heteroatoms. The van der Waals surface area contributed by atoms with Gasteiger partial charge in [0, 0.05) is 12.4 Å². The van der Waals surface area contributed by atoms with Gasteiger partial charge in [-0.1, -0.05) is 23.2 Å². The Hall–Kier alpha value is -1.72. The number of ether oxygens (including phenoxy) is 2. The number of carbonyl (C=O) groups excluding carboxylic acids is 2. The molecule has 5 nitrogen and oxygen atoms in total. The molecule has 0 saturated carbocycles. The molecule has 2 aromatic rings. The summed E-state index contributed by atoms with van der Waals surface area (Å²) in [4.78, 5) is 23.5. The Labute approximate surface area is 118 Å². The molecular formula is C12H9Cl2NO4. The molecule has 0 radical (unpaired) electrons. The number of pyridine rings is 1. The second-order valence-corrected chi connectivity index (χ2v) is 4.51. The molecule has 0 spiro atoms. The van der Waals surface area contributed by atoms with Crippen molar-refractivity contribution in [3.8, 4) is 0 Å². The van der Waals surface area contributed by atoms with Crippen molar-refractivity contribution in [3.05, 3.63) is 39.6 Å². The SMILES string of the molecule is COC(=O)c1cn2cc(Cl)cc(Cl)c2c1C(=O)OC. The second-order valence-electron chi connectivity index (χ2n) is 3.66. The number of fused-ring (bicyclic) bond motifs is 1. The first kappa shape index (κ1) is 13.7. The van der Waals surface area contributed by atoms with E-state index in [9.17, 15) is 9.59 Å². The fourth-order valence-electron chi connectivity index (χ4n) is 1.80. The second kappa shape index (κ2) is 5.11. The van der Waals surface area contributed by atoms with Gasteiger partial charge >= 0.3 is 11.9 Å². The van der Waals surface area contributed by atoms with Crippen LogP contribution in [0.1, 0.15) is 20.7 Å². The molecule has 0 aliphatic heterocycles. The Kier molecular flexibility index (Phi) is 3.68. The van der Waals surface area contributed by atoms with Crippen molar-refractivity contribution >= 4 is 40.7 Å². The fraction of sp³-hybridized carbons (Fsp3) is 0.167. The Morgan fingerprint density at radius 3 is 2.32 bits per heavy atom. The van der Waals surface area contributed by atoms with E-state index in [4.69, 9.17) is 23.2 Å². The van der Waals surface area contributed by atoms with Gasteiger partial charge in [-0.05, 0) is 6.07 Å². The molecular weight excluding hydrogens is 293 g/mol. The third kappa shape index (κ3) is 2.27. The summed E-state index contributed by atoms with van der Waals surface area (Å²) in [5.74, 6) is -1.33. The molecule has 0 aromatic carbocycles. The summed E-state index contributed by atoms with van der Waals surface area (Å²) in [6.07, 6.45) is 2.95. The molecule has 0 fully saturated rings. The number of methoxy groups -OCH3 is 2. The molecule has 19 heavy (non-hydrogen) atoms. The minimum atomic E-state index is -0.674. The van der Waals surface area contributed by atoms with Gasteiger partial charge in [-0.2, -0.15) is 0 Å². The first-order valence-corrected chi connectivity index (χ1v) is 5.91. The standard InChI is InChI=1S/C12H9Cl2NO4/c1-18-11(16)7-5-15-4-6(13)3-8(14)10(15)9(7)12(17)19-2/h3-5H,1-2H3. The number of rotatable bonds is 2. The molecule has 2 rings (SSSR count). The van der Waals surface area contributed by atoms with Crippen molar-refractivity contribution in [2.45, 2.75) is 0 Å². The van der Waals surface area contributed by atoms with E-state index in [0.717, 1.165) is 0 Å². The van der Waals surface area contributed by atoms with Crippen molar-refractivity contribution < 1.29 is 19.1 Å². The van der Waals surface area contributed by atoms with Crippen LogP contribution in [0.5, 0.6) is 0 Å².